The summed E-state index contributed by atoms with van der Waals surface area (Å²) in [5.41, 5.74) is 2.17. The molecule has 0 aromatic heterocycles. The van der Waals surface area contributed by atoms with E-state index in [1.807, 2.05) is 24.3 Å². The first-order valence-electron chi connectivity index (χ1n) is 10.1. The molecule has 0 radical (unpaired) electrons. The van der Waals surface area contributed by atoms with Crippen molar-refractivity contribution in [3.63, 3.8) is 0 Å². The molecule has 1 saturated heterocycles. The van der Waals surface area contributed by atoms with Gasteiger partial charge in [-0.15, -0.1) is 0 Å². The Bertz CT molecular complexity index is 1060. The molecule has 2 aromatic carbocycles. The first-order chi connectivity index (χ1) is 14.8. The van der Waals surface area contributed by atoms with Gasteiger partial charge in [0.05, 0.1) is 23.1 Å². The third kappa shape index (κ3) is 5.82. The lowest BCUT2D eigenvalue weighted by Crippen LogP contribution is -2.36. The van der Waals surface area contributed by atoms with Gasteiger partial charge in [-0.25, -0.2) is 12.7 Å². The molecule has 1 amide bonds. The SMILES string of the molecule is CN(C)S(=O)(=O)c1cccc(NC(=O)CN2CCCN(c3ccc(C#N)cc3)CC2)c1. The van der Waals surface area contributed by atoms with Crippen LogP contribution < -0.4 is 10.2 Å². The van der Waals surface area contributed by atoms with Crippen LogP contribution in [0.5, 0.6) is 0 Å². The predicted octanol–water partition coefficient (Wildman–Crippen LogP) is 1.96. The summed E-state index contributed by atoms with van der Waals surface area (Å²) in [7, 11) is -0.609. The molecule has 0 spiro atoms. The van der Waals surface area contributed by atoms with Gasteiger partial charge in [-0.05, 0) is 48.9 Å². The van der Waals surface area contributed by atoms with Crippen LogP contribution in [0.4, 0.5) is 11.4 Å². The molecule has 1 N–H and O–H groups in total. The number of benzene rings is 2. The number of hydrogen-bond donors (Lipinski definition) is 1. The highest BCUT2D eigenvalue weighted by atomic mass is 32.2. The summed E-state index contributed by atoms with van der Waals surface area (Å²) in [4.78, 5) is 17.0. The number of amides is 1. The minimum absolute atomic E-state index is 0.142. The van der Waals surface area contributed by atoms with Gasteiger partial charge in [0.25, 0.3) is 0 Å². The van der Waals surface area contributed by atoms with Gasteiger partial charge in [-0.2, -0.15) is 5.26 Å². The first-order valence-corrected chi connectivity index (χ1v) is 11.5. The van der Waals surface area contributed by atoms with Crippen LogP contribution in [0.3, 0.4) is 0 Å². The quantitative estimate of drug-likeness (QED) is 0.736. The average Bonchev–Trinajstić information content (AvgIpc) is 2.99. The monoisotopic (exact) mass is 441 g/mol. The fraction of sp³-hybridized carbons (Fsp3) is 0.364. The van der Waals surface area contributed by atoms with E-state index in [9.17, 15) is 13.2 Å². The second-order valence-corrected chi connectivity index (χ2v) is 9.79. The van der Waals surface area contributed by atoms with Gasteiger partial charge in [-0.3, -0.25) is 9.69 Å². The van der Waals surface area contributed by atoms with Gasteiger partial charge in [0.2, 0.25) is 15.9 Å². The van der Waals surface area contributed by atoms with Crippen LogP contribution in [0, 0.1) is 11.3 Å². The fourth-order valence-electron chi connectivity index (χ4n) is 3.48. The summed E-state index contributed by atoms with van der Waals surface area (Å²) < 4.78 is 25.7. The largest absolute Gasteiger partial charge is 0.370 e. The number of nitrogens with zero attached hydrogens (tertiary/aromatic N) is 4. The topological polar surface area (TPSA) is 96.8 Å². The average molecular weight is 442 g/mol. The van der Waals surface area contributed by atoms with Gasteiger partial charge in [-0.1, -0.05) is 6.07 Å². The summed E-state index contributed by atoms with van der Waals surface area (Å²) in [5, 5.41) is 11.8. The van der Waals surface area contributed by atoms with Gasteiger partial charge >= 0.3 is 0 Å². The van der Waals surface area contributed by atoms with Crippen LogP contribution in [0.1, 0.15) is 12.0 Å². The van der Waals surface area contributed by atoms with Crippen molar-refractivity contribution < 1.29 is 13.2 Å². The highest BCUT2D eigenvalue weighted by Crippen LogP contribution is 2.19. The Balaban J connectivity index is 1.57. The molecule has 1 fully saturated rings. The molecule has 3 rings (SSSR count). The lowest BCUT2D eigenvalue weighted by atomic mass is 10.2. The lowest BCUT2D eigenvalue weighted by Gasteiger charge is -2.23. The van der Waals surface area contributed by atoms with Gasteiger partial charge < -0.3 is 10.2 Å². The molecule has 1 aliphatic heterocycles. The minimum Gasteiger partial charge on any atom is -0.370 e. The second kappa shape index (κ2) is 9.92. The van der Waals surface area contributed by atoms with E-state index in [-0.39, 0.29) is 17.3 Å². The van der Waals surface area contributed by atoms with E-state index in [0.29, 0.717) is 11.3 Å². The van der Waals surface area contributed by atoms with Crippen molar-refractivity contribution in [1.29, 1.82) is 5.26 Å². The number of nitriles is 1. The summed E-state index contributed by atoms with van der Waals surface area (Å²) in [6, 6.07) is 16.0. The van der Waals surface area contributed by atoms with Crippen LogP contribution >= 0.6 is 0 Å². The molecule has 8 nitrogen and oxygen atoms in total. The molecule has 1 heterocycles. The van der Waals surface area contributed by atoms with Crippen LogP contribution in [0.15, 0.2) is 53.4 Å². The summed E-state index contributed by atoms with van der Waals surface area (Å²) in [6.07, 6.45) is 0.920. The van der Waals surface area contributed by atoms with E-state index in [4.69, 9.17) is 5.26 Å². The molecule has 0 saturated carbocycles. The molecule has 9 heteroatoms. The number of rotatable bonds is 6. The molecule has 1 aliphatic rings. The van der Waals surface area contributed by atoms with Crippen molar-refractivity contribution in [2.24, 2.45) is 0 Å². The Morgan fingerprint density at radius 1 is 1.10 bits per heavy atom. The minimum atomic E-state index is -3.56. The predicted molar refractivity (Wildman–Crippen MR) is 120 cm³/mol. The molecule has 0 aliphatic carbocycles. The van der Waals surface area contributed by atoms with Crippen molar-refractivity contribution in [3.05, 3.63) is 54.1 Å². The first kappa shape index (κ1) is 22.7. The number of sulfonamides is 1. The van der Waals surface area contributed by atoms with E-state index in [1.54, 1.807) is 12.1 Å². The molecule has 0 bridgehead atoms. The zero-order valence-corrected chi connectivity index (χ0v) is 18.6. The van der Waals surface area contributed by atoms with E-state index >= 15 is 0 Å². The van der Waals surface area contributed by atoms with Crippen LogP contribution in [-0.4, -0.2) is 70.3 Å². The molecule has 0 atom stereocenters. The standard InChI is InChI=1S/C22H27N5O3S/c1-25(2)31(29,30)21-6-3-5-19(15-21)24-22(28)17-26-11-4-12-27(14-13-26)20-9-7-18(16-23)8-10-20/h3,5-10,15H,4,11-14,17H2,1-2H3,(H,24,28). The Labute approximate surface area is 183 Å². The number of hydrogen-bond acceptors (Lipinski definition) is 6. The zero-order valence-electron chi connectivity index (χ0n) is 17.8. The maximum absolute atomic E-state index is 12.6. The normalized spacial score (nSPS) is 15.4. The number of carbonyl (C=O) groups is 1. The number of nitrogens with one attached hydrogen (secondary N) is 1. The van der Waals surface area contributed by atoms with Crippen LogP contribution in [0.2, 0.25) is 0 Å². The molecule has 164 valence electrons. The second-order valence-electron chi connectivity index (χ2n) is 7.64. The van der Waals surface area contributed by atoms with Gasteiger partial charge in [0.15, 0.2) is 0 Å². The van der Waals surface area contributed by atoms with Crippen molar-refractivity contribution in [2.45, 2.75) is 11.3 Å². The van der Waals surface area contributed by atoms with E-state index in [0.717, 1.165) is 42.6 Å². The molecular weight excluding hydrogens is 414 g/mol. The Morgan fingerprint density at radius 3 is 2.52 bits per heavy atom. The Hall–Kier alpha value is -2.93. The number of anilines is 2. The molecular formula is C22H27N5O3S. The van der Waals surface area contributed by atoms with Crippen molar-refractivity contribution in [1.82, 2.24) is 9.21 Å². The van der Waals surface area contributed by atoms with Crippen molar-refractivity contribution >= 4 is 27.3 Å². The maximum Gasteiger partial charge on any atom is 0.242 e. The Kier molecular flexibility index (Phi) is 7.28. The summed E-state index contributed by atoms with van der Waals surface area (Å²) in [5.74, 6) is -0.175. The smallest absolute Gasteiger partial charge is 0.242 e. The molecule has 0 unspecified atom stereocenters. The van der Waals surface area contributed by atoms with E-state index < -0.39 is 10.0 Å². The van der Waals surface area contributed by atoms with E-state index in [2.05, 4.69) is 21.2 Å². The summed E-state index contributed by atoms with van der Waals surface area (Å²) in [6.45, 7) is 3.45. The lowest BCUT2D eigenvalue weighted by molar-refractivity contribution is -0.117. The molecule has 2 aromatic rings. The maximum atomic E-state index is 12.6. The molecule has 31 heavy (non-hydrogen) atoms. The third-order valence-corrected chi connectivity index (χ3v) is 7.02. The fourth-order valence-corrected chi connectivity index (χ4v) is 4.43. The zero-order chi connectivity index (χ0) is 22.4. The Morgan fingerprint density at radius 2 is 1.84 bits per heavy atom. The van der Waals surface area contributed by atoms with Gasteiger partial charge in [0.1, 0.15) is 0 Å². The van der Waals surface area contributed by atoms with Crippen LogP contribution in [-0.2, 0) is 14.8 Å². The third-order valence-electron chi connectivity index (χ3n) is 5.21. The van der Waals surface area contributed by atoms with Crippen LogP contribution in [0.25, 0.3) is 0 Å². The summed E-state index contributed by atoms with van der Waals surface area (Å²) >= 11 is 0. The number of carbonyl (C=O) groups excluding carboxylic acids is 1. The van der Waals surface area contributed by atoms with E-state index in [1.165, 1.54) is 26.2 Å². The highest BCUT2D eigenvalue weighted by Gasteiger charge is 2.19. The van der Waals surface area contributed by atoms with Gasteiger partial charge in [0, 0.05) is 51.6 Å². The highest BCUT2D eigenvalue weighted by molar-refractivity contribution is 7.89. The van der Waals surface area contributed by atoms with Crippen molar-refractivity contribution in [2.75, 3.05) is 57.0 Å². The van der Waals surface area contributed by atoms with Crippen molar-refractivity contribution in [3.8, 4) is 6.07 Å².